The molecule has 0 amide bonds. The summed E-state index contributed by atoms with van der Waals surface area (Å²) in [4.78, 5) is 8.41. The summed E-state index contributed by atoms with van der Waals surface area (Å²) in [5.41, 5.74) is 1.55. The predicted octanol–water partition coefficient (Wildman–Crippen LogP) is 2.21. The molecule has 0 spiro atoms. The number of benzene rings is 1. The van der Waals surface area contributed by atoms with Crippen LogP contribution in [-0.4, -0.2) is 38.3 Å². The van der Waals surface area contributed by atoms with Crippen LogP contribution in [0.25, 0.3) is 11.3 Å². The molecule has 0 saturated carbocycles. The fourth-order valence-corrected chi connectivity index (χ4v) is 1.93. The molecule has 1 heterocycles. The number of anilines is 1. The average molecular weight is 275 g/mol. The fourth-order valence-electron chi connectivity index (χ4n) is 1.93. The second-order valence-electron chi connectivity index (χ2n) is 3.92. The minimum atomic E-state index is 0.585. The zero-order valence-electron chi connectivity index (χ0n) is 11.9. The third-order valence-corrected chi connectivity index (χ3v) is 2.90. The number of hydrogen-bond donors (Lipinski definition) is 1. The number of hydrogen-bond acceptors (Lipinski definition) is 6. The Morgan fingerprint density at radius 3 is 2.30 bits per heavy atom. The zero-order valence-corrected chi connectivity index (χ0v) is 11.9. The van der Waals surface area contributed by atoms with Gasteiger partial charge in [-0.3, -0.25) is 0 Å². The van der Waals surface area contributed by atoms with Crippen LogP contribution in [0.1, 0.15) is 0 Å². The maximum Gasteiger partial charge on any atom is 0.187 e. The molecule has 0 radical (unpaired) electrons. The van der Waals surface area contributed by atoms with Crippen molar-refractivity contribution in [1.82, 2.24) is 9.97 Å². The molecule has 0 atom stereocenters. The van der Waals surface area contributed by atoms with Gasteiger partial charge in [-0.05, 0) is 18.2 Å². The summed E-state index contributed by atoms with van der Waals surface area (Å²) < 4.78 is 15.9. The molecule has 6 heteroatoms. The highest BCUT2D eigenvalue weighted by molar-refractivity contribution is 5.74. The standard InChI is InChI=1S/C14H17N3O3/c1-15-14-13(20-4)12(16-8-17-14)9-5-6-10(18-2)11(7-9)19-3/h5-8H,1-4H3,(H,15,16,17). The number of ether oxygens (including phenoxy) is 3. The first kappa shape index (κ1) is 13.9. The summed E-state index contributed by atoms with van der Waals surface area (Å²) in [5.74, 6) is 2.52. The van der Waals surface area contributed by atoms with E-state index in [0.29, 0.717) is 28.8 Å². The van der Waals surface area contributed by atoms with Crippen molar-refractivity contribution in [3.05, 3.63) is 24.5 Å². The second kappa shape index (κ2) is 6.10. The Kier molecular flexibility index (Phi) is 4.24. The van der Waals surface area contributed by atoms with E-state index in [1.165, 1.54) is 6.33 Å². The lowest BCUT2D eigenvalue weighted by Gasteiger charge is -2.13. The van der Waals surface area contributed by atoms with Crippen LogP contribution < -0.4 is 19.5 Å². The van der Waals surface area contributed by atoms with Gasteiger partial charge in [-0.15, -0.1) is 0 Å². The van der Waals surface area contributed by atoms with Crippen LogP contribution in [0.2, 0.25) is 0 Å². The molecular weight excluding hydrogens is 258 g/mol. The van der Waals surface area contributed by atoms with Gasteiger partial charge in [0.1, 0.15) is 12.0 Å². The number of aromatic nitrogens is 2. The van der Waals surface area contributed by atoms with E-state index in [9.17, 15) is 0 Å². The lowest BCUT2D eigenvalue weighted by Crippen LogP contribution is -2.01. The molecule has 1 aromatic carbocycles. The zero-order chi connectivity index (χ0) is 14.5. The third-order valence-electron chi connectivity index (χ3n) is 2.90. The van der Waals surface area contributed by atoms with E-state index < -0.39 is 0 Å². The summed E-state index contributed by atoms with van der Waals surface area (Å²) in [6.45, 7) is 0. The van der Waals surface area contributed by atoms with E-state index in [-0.39, 0.29) is 0 Å². The molecule has 106 valence electrons. The Balaban J connectivity index is 2.56. The van der Waals surface area contributed by atoms with Crippen LogP contribution in [0.3, 0.4) is 0 Å². The van der Waals surface area contributed by atoms with Gasteiger partial charge < -0.3 is 19.5 Å². The van der Waals surface area contributed by atoms with Gasteiger partial charge >= 0.3 is 0 Å². The lowest BCUT2D eigenvalue weighted by molar-refractivity contribution is 0.355. The van der Waals surface area contributed by atoms with Crippen molar-refractivity contribution in [3.8, 4) is 28.5 Å². The number of nitrogens with one attached hydrogen (secondary N) is 1. The van der Waals surface area contributed by atoms with Gasteiger partial charge in [0.2, 0.25) is 0 Å². The maximum absolute atomic E-state index is 5.39. The topological polar surface area (TPSA) is 65.5 Å². The quantitative estimate of drug-likeness (QED) is 0.902. The van der Waals surface area contributed by atoms with Crippen LogP contribution in [0.5, 0.6) is 17.2 Å². The highest BCUT2D eigenvalue weighted by Gasteiger charge is 2.15. The Bertz CT molecular complexity index is 602. The molecule has 0 aliphatic heterocycles. The molecule has 0 unspecified atom stereocenters. The smallest absolute Gasteiger partial charge is 0.187 e. The number of rotatable bonds is 5. The molecule has 0 aliphatic rings. The van der Waals surface area contributed by atoms with E-state index in [0.717, 1.165) is 5.56 Å². The summed E-state index contributed by atoms with van der Waals surface area (Å²) in [7, 11) is 6.56. The minimum Gasteiger partial charge on any atom is -0.493 e. The summed E-state index contributed by atoms with van der Waals surface area (Å²) in [5, 5.41) is 2.98. The Morgan fingerprint density at radius 2 is 1.70 bits per heavy atom. The van der Waals surface area contributed by atoms with Crippen LogP contribution in [0.4, 0.5) is 5.82 Å². The van der Waals surface area contributed by atoms with E-state index in [1.54, 1.807) is 28.4 Å². The average Bonchev–Trinajstić information content (AvgIpc) is 2.53. The fraction of sp³-hybridized carbons (Fsp3) is 0.286. The van der Waals surface area contributed by atoms with Crippen molar-refractivity contribution in [2.24, 2.45) is 0 Å². The highest BCUT2D eigenvalue weighted by Crippen LogP contribution is 2.37. The van der Waals surface area contributed by atoms with Gasteiger partial charge in [-0.1, -0.05) is 0 Å². The second-order valence-corrected chi connectivity index (χ2v) is 3.92. The van der Waals surface area contributed by atoms with E-state index in [2.05, 4.69) is 15.3 Å². The Hall–Kier alpha value is -2.50. The molecule has 1 N–H and O–H groups in total. The van der Waals surface area contributed by atoms with Crippen molar-refractivity contribution in [2.75, 3.05) is 33.7 Å². The van der Waals surface area contributed by atoms with Crippen molar-refractivity contribution in [3.63, 3.8) is 0 Å². The maximum atomic E-state index is 5.39. The first-order valence-corrected chi connectivity index (χ1v) is 6.04. The number of nitrogens with zero attached hydrogens (tertiary/aromatic N) is 2. The summed E-state index contributed by atoms with van der Waals surface area (Å²) >= 11 is 0. The summed E-state index contributed by atoms with van der Waals surface area (Å²) in [6.07, 6.45) is 1.49. The lowest BCUT2D eigenvalue weighted by atomic mass is 10.1. The monoisotopic (exact) mass is 275 g/mol. The Morgan fingerprint density at radius 1 is 0.950 bits per heavy atom. The molecule has 20 heavy (non-hydrogen) atoms. The third kappa shape index (κ3) is 2.45. The van der Waals surface area contributed by atoms with Gasteiger partial charge in [0.25, 0.3) is 0 Å². The number of methoxy groups -OCH3 is 3. The van der Waals surface area contributed by atoms with Crippen molar-refractivity contribution < 1.29 is 14.2 Å². The normalized spacial score (nSPS) is 10.0. The van der Waals surface area contributed by atoms with E-state index in [4.69, 9.17) is 14.2 Å². The van der Waals surface area contributed by atoms with E-state index >= 15 is 0 Å². The van der Waals surface area contributed by atoms with Crippen molar-refractivity contribution >= 4 is 5.82 Å². The van der Waals surface area contributed by atoms with Crippen LogP contribution in [0, 0.1) is 0 Å². The molecule has 0 saturated heterocycles. The van der Waals surface area contributed by atoms with Crippen LogP contribution >= 0.6 is 0 Å². The van der Waals surface area contributed by atoms with Gasteiger partial charge in [-0.25, -0.2) is 9.97 Å². The van der Waals surface area contributed by atoms with Gasteiger partial charge in [0.05, 0.1) is 21.3 Å². The SMILES string of the molecule is CNc1ncnc(-c2ccc(OC)c(OC)c2)c1OC. The van der Waals surface area contributed by atoms with Crippen LogP contribution in [-0.2, 0) is 0 Å². The van der Waals surface area contributed by atoms with Crippen LogP contribution in [0.15, 0.2) is 24.5 Å². The van der Waals surface area contributed by atoms with Gasteiger partial charge in [0, 0.05) is 12.6 Å². The molecule has 2 rings (SSSR count). The molecule has 0 fully saturated rings. The molecule has 0 bridgehead atoms. The Labute approximate surface area is 117 Å². The molecular formula is C14H17N3O3. The molecule has 2 aromatic rings. The van der Waals surface area contributed by atoms with Crippen molar-refractivity contribution in [2.45, 2.75) is 0 Å². The first-order chi connectivity index (χ1) is 9.74. The largest absolute Gasteiger partial charge is 0.493 e. The highest BCUT2D eigenvalue weighted by atomic mass is 16.5. The molecule has 6 nitrogen and oxygen atoms in total. The molecule has 1 aromatic heterocycles. The van der Waals surface area contributed by atoms with E-state index in [1.807, 2.05) is 18.2 Å². The van der Waals surface area contributed by atoms with Crippen molar-refractivity contribution in [1.29, 1.82) is 0 Å². The minimum absolute atomic E-state index is 0.585. The van der Waals surface area contributed by atoms with Gasteiger partial charge in [0.15, 0.2) is 23.1 Å². The molecule has 0 aliphatic carbocycles. The van der Waals surface area contributed by atoms with Gasteiger partial charge in [-0.2, -0.15) is 0 Å². The predicted molar refractivity (Wildman–Crippen MR) is 76.7 cm³/mol. The first-order valence-electron chi connectivity index (χ1n) is 6.04. The summed E-state index contributed by atoms with van der Waals surface area (Å²) in [6, 6.07) is 5.57.